The van der Waals surface area contributed by atoms with Crippen LogP contribution >= 0.6 is 79.6 Å². The summed E-state index contributed by atoms with van der Waals surface area (Å²) in [6.07, 6.45) is 0. The van der Waals surface area contributed by atoms with Crippen LogP contribution in [0, 0.1) is 0 Å². The monoisotopic (exact) mass is 476 g/mol. The molecular formula is C4HBr5O2. The van der Waals surface area contributed by atoms with Gasteiger partial charge in [0.15, 0.2) is 0 Å². The average molecular weight is 481 g/mol. The predicted molar refractivity (Wildman–Crippen MR) is 61.5 cm³/mol. The Hall–Kier alpha value is 1.61. The van der Waals surface area contributed by atoms with Crippen molar-refractivity contribution in [2.24, 2.45) is 0 Å². The number of hydrogen-bond donors (Lipinski definition) is 0. The van der Waals surface area contributed by atoms with Crippen LogP contribution in [-0.4, -0.2) is 9.89 Å². The lowest BCUT2D eigenvalue weighted by Crippen LogP contribution is -2.06. The summed E-state index contributed by atoms with van der Waals surface area (Å²) in [5, 5.41) is 0. The number of rotatable bonds is 2. The number of esters is 1. The van der Waals surface area contributed by atoms with Gasteiger partial charge in [0.05, 0.1) is 3.39 Å². The Labute approximate surface area is 106 Å². The summed E-state index contributed by atoms with van der Waals surface area (Å²) in [6, 6.07) is 0. The molecule has 0 heterocycles. The van der Waals surface area contributed by atoms with Crippen LogP contribution in [0.2, 0.25) is 0 Å². The predicted octanol–water partition coefficient (Wildman–Crippen LogP) is 3.96. The zero-order valence-corrected chi connectivity index (χ0v) is 12.7. The number of ether oxygens (including phenoxy) is 1. The molecule has 0 fully saturated rings. The topological polar surface area (TPSA) is 26.3 Å². The Morgan fingerprint density at radius 3 is 1.91 bits per heavy atom. The highest BCUT2D eigenvalue weighted by atomic mass is 79.9. The first-order valence-electron chi connectivity index (χ1n) is 2.15. The molecule has 0 bridgehead atoms. The van der Waals surface area contributed by atoms with E-state index < -0.39 is 9.89 Å². The van der Waals surface area contributed by atoms with Crippen LogP contribution in [0.25, 0.3) is 0 Å². The van der Waals surface area contributed by atoms with Gasteiger partial charge in [0, 0.05) is 0 Å². The Balaban J connectivity index is 4.17. The average Bonchev–Trinajstić information content (AvgIpc) is 1.84. The van der Waals surface area contributed by atoms with Gasteiger partial charge >= 0.3 is 5.97 Å². The van der Waals surface area contributed by atoms with Crippen LogP contribution < -0.4 is 0 Å². The largest absolute Gasteiger partial charge is 0.436 e. The van der Waals surface area contributed by atoms with Gasteiger partial charge in [-0.3, -0.25) is 0 Å². The van der Waals surface area contributed by atoms with Crippen LogP contribution in [0.5, 0.6) is 0 Å². The number of carbonyl (C=O) groups excluding carboxylic acids is 1. The summed E-state index contributed by atoms with van der Waals surface area (Å²) in [5.41, 5.74) is 0. The van der Waals surface area contributed by atoms with E-state index in [1.165, 1.54) is 0 Å². The highest BCUT2D eigenvalue weighted by Gasteiger charge is 2.13. The van der Waals surface area contributed by atoms with Gasteiger partial charge in [0.1, 0.15) is 4.48 Å². The van der Waals surface area contributed by atoms with E-state index >= 15 is 0 Å². The van der Waals surface area contributed by atoms with Crippen molar-refractivity contribution in [3.05, 3.63) is 7.87 Å². The molecule has 0 atom stereocenters. The molecule has 0 aromatic carbocycles. The molecule has 0 spiro atoms. The minimum atomic E-state index is -0.479. The third-order valence-corrected chi connectivity index (χ3v) is 3.49. The van der Waals surface area contributed by atoms with Crippen LogP contribution in [0.1, 0.15) is 0 Å². The summed E-state index contributed by atoms with van der Waals surface area (Å²) < 4.78 is 5.03. The zero-order valence-electron chi connectivity index (χ0n) is 4.78. The van der Waals surface area contributed by atoms with Gasteiger partial charge < -0.3 is 4.74 Å². The van der Waals surface area contributed by atoms with E-state index in [1.54, 1.807) is 0 Å². The van der Waals surface area contributed by atoms with Crippen LogP contribution in [0.4, 0.5) is 0 Å². The smallest absolute Gasteiger partial charge is 0.348 e. The van der Waals surface area contributed by atoms with Crippen molar-refractivity contribution in [3.63, 3.8) is 0 Å². The number of halogens is 5. The molecule has 7 heteroatoms. The number of alkyl halides is 2. The molecule has 2 nitrogen and oxygen atoms in total. The quantitative estimate of drug-likeness (QED) is 0.340. The molecule has 0 aliphatic heterocycles. The fourth-order valence-electron chi connectivity index (χ4n) is 0.210. The first kappa shape index (κ1) is 12.6. The molecule has 0 saturated carbocycles. The van der Waals surface area contributed by atoms with Crippen molar-refractivity contribution in [2.45, 2.75) is 3.92 Å². The molecule has 0 rings (SSSR count). The zero-order chi connectivity index (χ0) is 9.02. The molecule has 0 aromatic rings. The Morgan fingerprint density at radius 2 is 1.64 bits per heavy atom. The van der Waals surface area contributed by atoms with Gasteiger partial charge in [0.2, 0.25) is 3.92 Å². The third-order valence-electron chi connectivity index (χ3n) is 0.541. The van der Waals surface area contributed by atoms with Gasteiger partial charge in [-0.2, -0.15) is 0 Å². The molecule has 0 amide bonds. The van der Waals surface area contributed by atoms with E-state index in [-0.39, 0.29) is 0 Å². The molecule has 0 aliphatic rings. The van der Waals surface area contributed by atoms with Crippen LogP contribution in [-0.2, 0) is 9.53 Å². The van der Waals surface area contributed by atoms with Gasteiger partial charge in [-0.1, -0.05) is 0 Å². The number of carbonyl (C=O) groups is 1. The fourth-order valence-corrected chi connectivity index (χ4v) is 0.967. The van der Waals surface area contributed by atoms with Crippen molar-refractivity contribution >= 4 is 85.6 Å². The molecule has 0 aliphatic carbocycles. The molecule has 0 saturated heterocycles. The summed E-state index contributed by atoms with van der Waals surface area (Å²) in [7, 11) is 0. The first-order chi connectivity index (χ1) is 4.95. The first-order valence-corrected chi connectivity index (χ1v) is 6.36. The maximum absolute atomic E-state index is 10.9. The second-order valence-corrected chi connectivity index (χ2v) is 7.58. The third kappa shape index (κ3) is 5.79. The van der Waals surface area contributed by atoms with Gasteiger partial charge in [-0.15, -0.1) is 0 Å². The van der Waals surface area contributed by atoms with E-state index in [1.807, 2.05) is 0 Å². The van der Waals surface area contributed by atoms with E-state index in [4.69, 9.17) is 4.74 Å². The van der Waals surface area contributed by atoms with Crippen LogP contribution in [0.3, 0.4) is 0 Å². The van der Waals surface area contributed by atoms with Gasteiger partial charge in [-0.25, -0.2) is 4.79 Å². The molecule has 0 aromatic heterocycles. The summed E-state index contributed by atoms with van der Waals surface area (Å²) in [5.74, 6) is -0.479. The second kappa shape index (κ2) is 6.12. The maximum Gasteiger partial charge on any atom is 0.348 e. The molecule has 0 radical (unpaired) electrons. The van der Waals surface area contributed by atoms with Crippen molar-refractivity contribution in [3.8, 4) is 0 Å². The Morgan fingerprint density at radius 1 is 1.18 bits per heavy atom. The lowest BCUT2D eigenvalue weighted by atomic mass is 10.7. The van der Waals surface area contributed by atoms with E-state index in [2.05, 4.69) is 79.6 Å². The summed E-state index contributed by atoms with van der Waals surface area (Å²) in [4.78, 5) is 10.9. The molecule has 0 unspecified atom stereocenters. The lowest BCUT2D eigenvalue weighted by molar-refractivity contribution is -0.136. The minimum Gasteiger partial charge on any atom is -0.436 e. The fraction of sp³-hybridized carbons (Fsp3) is 0.250. The number of hydrogen-bond acceptors (Lipinski definition) is 2. The van der Waals surface area contributed by atoms with Crippen molar-refractivity contribution < 1.29 is 9.53 Å². The molecular weight excluding hydrogens is 480 g/mol. The van der Waals surface area contributed by atoms with Gasteiger partial charge in [0.25, 0.3) is 0 Å². The summed E-state index contributed by atoms with van der Waals surface area (Å²) >= 11 is 15.1. The maximum atomic E-state index is 10.9. The molecule has 0 N–H and O–H groups in total. The van der Waals surface area contributed by atoms with E-state index in [0.29, 0.717) is 7.87 Å². The molecule has 11 heavy (non-hydrogen) atoms. The Bertz CT molecular complexity index is 183. The van der Waals surface area contributed by atoms with Crippen molar-refractivity contribution in [1.82, 2.24) is 0 Å². The Kier molecular flexibility index (Phi) is 7.02. The standard InChI is InChI=1S/C4HBr5O2/c5-1(2(6)7)3(10)11-4(8)9/h4H. The molecule has 64 valence electrons. The highest BCUT2D eigenvalue weighted by Crippen LogP contribution is 2.26. The van der Waals surface area contributed by atoms with Crippen LogP contribution in [0.15, 0.2) is 7.87 Å². The van der Waals surface area contributed by atoms with Crippen molar-refractivity contribution in [1.29, 1.82) is 0 Å². The van der Waals surface area contributed by atoms with Gasteiger partial charge in [-0.05, 0) is 79.6 Å². The lowest BCUT2D eigenvalue weighted by Gasteiger charge is -2.03. The minimum absolute atomic E-state index is 0.293. The normalized spacial score (nSPS) is 9.64. The highest BCUT2D eigenvalue weighted by molar-refractivity contribution is 9.29. The van der Waals surface area contributed by atoms with E-state index in [0.717, 1.165) is 0 Å². The SMILES string of the molecule is O=C(OC(Br)Br)C(Br)=C(Br)Br. The second-order valence-electron chi connectivity index (χ2n) is 1.24. The van der Waals surface area contributed by atoms with E-state index in [9.17, 15) is 4.79 Å². The summed E-state index contributed by atoms with van der Waals surface area (Å²) in [6.45, 7) is 0. The van der Waals surface area contributed by atoms with Crippen molar-refractivity contribution in [2.75, 3.05) is 0 Å².